The van der Waals surface area contributed by atoms with Gasteiger partial charge in [-0.15, -0.1) is 0 Å². The Bertz CT molecular complexity index is 843. The zero-order valence-electron chi connectivity index (χ0n) is 16.3. The van der Waals surface area contributed by atoms with Gasteiger partial charge in [-0.1, -0.05) is 35.0 Å². The molecule has 1 aliphatic heterocycles. The lowest BCUT2D eigenvalue weighted by molar-refractivity contribution is 0.0222. The molecule has 1 aliphatic rings. The molecule has 9 heteroatoms. The van der Waals surface area contributed by atoms with Crippen LogP contribution in [0.1, 0.15) is 35.7 Å². The maximum absolute atomic E-state index is 12.6. The average molecular weight is 410 g/mol. The third-order valence-corrected chi connectivity index (χ3v) is 6.57. The van der Waals surface area contributed by atoms with Gasteiger partial charge in [-0.05, 0) is 25.3 Å². The summed E-state index contributed by atoms with van der Waals surface area (Å²) in [6.45, 7) is 3.73. The van der Waals surface area contributed by atoms with E-state index < -0.39 is 10.0 Å². The number of benzene rings is 1. The van der Waals surface area contributed by atoms with Crippen LogP contribution in [-0.2, 0) is 38.3 Å². The van der Waals surface area contributed by atoms with E-state index in [0.717, 1.165) is 11.1 Å². The summed E-state index contributed by atoms with van der Waals surface area (Å²) < 4.78 is 42.7. The first-order valence-corrected chi connectivity index (χ1v) is 11.0. The van der Waals surface area contributed by atoms with Crippen molar-refractivity contribution in [3.63, 3.8) is 0 Å². The van der Waals surface area contributed by atoms with Gasteiger partial charge in [-0.2, -0.15) is 4.98 Å². The number of hydrogen-bond donors (Lipinski definition) is 0. The first kappa shape index (κ1) is 20.9. The number of aryl methyl sites for hydroxylation is 1. The molecule has 1 aromatic heterocycles. The highest BCUT2D eigenvalue weighted by Gasteiger charge is 2.28. The molecule has 28 heavy (non-hydrogen) atoms. The first-order chi connectivity index (χ1) is 13.5. The van der Waals surface area contributed by atoms with Crippen molar-refractivity contribution in [1.29, 1.82) is 0 Å². The summed E-state index contributed by atoms with van der Waals surface area (Å²) >= 11 is 0. The molecule has 0 unspecified atom stereocenters. The van der Waals surface area contributed by atoms with Gasteiger partial charge >= 0.3 is 0 Å². The fourth-order valence-electron chi connectivity index (χ4n) is 3.15. The number of aromatic nitrogens is 2. The van der Waals surface area contributed by atoms with Gasteiger partial charge in [-0.3, -0.25) is 0 Å². The molecule has 2 heterocycles. The Labute approximate surface area is 165 Å². The Morgan fingerprint density at radius 1 is 1.21 bits per heavy atom. The zero-order chi connectivity index (χ0) is 20.0. The molecule has 3 rings (SSSR count). The second kappa shape index (κ2) is 9.60. The van der Waals surface area contributed by atoms with E-state index in [0.29, 0.717) is 57.3 Å². The molecule has 1 fully saturated rings. The van der Waals surface area contributed by atoms with Gasteiger partial charge in [0, 0.05) is 26.6 Å². The average Bonchev–Trinajstić information content (AvgIpc) is 3.12. The molecule has 0 spiro atoms. The number of sulfonamides is 1. The van der Waals surface area contributed by atoms with Crippen molar-refractivity contribution in [2.24, 2.45) is 0 Å². The minimum Gasteiger partial charge on any atom is -0.378 e. The smallest absolute Gasteiger partial charge is 0.252 e. The minimum atomic E-state index is -3.31. The third-order valence-electron chi connectivity index (χ3n) is 4.72. The highest BCUT2D eigenvalue weighted by molar-refractivity contribution is 7.88. The molecule has 8 nitrogen and oxygen atoms in total. The summed E-state index contributed by atoms with van der Waals surface area (Å²) in [4.78, 5) is 4.20. The van der Waals surface area contributed by atoms with Gasteiger partial charge in [-0.25, -0.2) is 12.7 Å². The van der Waals surface area contributed by atoms with Gasteiger partial charge in [0.2, 0.25) is 10.0 Å². The first-order valence-electron chi connectivity index (χ1n) is 9.41. The van der Waals surface area contributed by atoms with Gasteiger partial charge in [0.25, 0.3) is 5.89 Å². The van der Waals surface area contributed by atoms with Crippen molar-refractivity contribution in [2.75, 3.05) is 26.8 Å². The van der Waals surface area contributed by atoms with E-state index >= 15 is 0 Å². The number of nitrogens with zero attached hydrogens (tertiary/aromatic N) is 3. The van der Waals surface area contributed by atoms with Gasteiger partial charge < -0.3 is 14.0 Å². The van der Waals surface area contributed by atoms with E-state index in [1.165, 1.54) is 0 Å². The number of piperidine rings is 1. The van der Waals surface area contributed by atoms with Crippen LogP contribution in [0, 0.1) is 6.92 Å². The maximum Gasteiger partial charge on any atom is 0.252 e. The highest BCUT2D eigenvalue weighted by Crippen LogP contribution is 2.20. The molecule has 1 aromatic carbocycles. The minimum absolute atomic E-state index is 0.0421. The van der Waals surface area contributed by atoms with Gasteiger partial charge in [0.05, 0.1) is 18.5 Å². The van der Waals surface area contributed by atoms with Crippen LogP contribution >= 0.6 is 0 Å². The van der Waals surface area contributed by atoms with Crippen molar-refractivity contribution in [3.05, 3.63) is 47.1 Å². The highest BCUT2D eigenvalue weighted by atomic mass is 32.2. The summed E-state index contributed by atoms with van der Waals surface area (Å²) in [7, 11) is -1.74. The quantitative estimate of drug-likeness (QED) is 0.626. The van der Waals surface area contributed by atoms with Crippen molar-refractivity contribution < 1.29 is 22.4 Å². The molecule has 154 valence electrons. The summed E-state index contributed by atoms with van der Waals surface area (Å²) in [5.74, 6) is 1.08. The monoisotopic (exact) mass is 409 g/mol. The number of methoxy groups -OCH3 is 1. The van der Waals surface area contributed by atoms with E-state index in [4.69, 9.17) is 14.0 Å². The predicted octanol–water partition coefficient (Wildman–Crippen LogP) is 2.08. The lowest BCUT2D eigenvalue weighted by atomic mass is 10.1. The normalized spacial score (nSPS) is 16.5. The zero-order valence-corrected chi connectivity index (χ0v) is 17.2. The van der Waals surface area contributed by atoms with Crippen LogP contribution in [0.25, 0.3) is 0 Å². The Hall–Kier alpha value is -1.81. The predicted molar refractivity (Wildman–Crippen MR) is 103 cm³/mol. The molecule has 0 saturated carbocycles. The largest absolute Gasteiger partial charge is 0.378 e. The van der Waals surface area contributed by atoms with E-state index in [1.54, 1.807) is 11.4 Å². The molecule has 0 amide bonds. The van der Waals surface area contributed by atoms with E-state index in [9.17, 15) is 8.42 Å². The van der Waals surface area contributed by atoms with Crippen molar-refractivity contribution in [3.8, 4) is 0 Å². The fraction of sp³-hybridized carbons (Fsp3) is 0.579. The molecule has 1 saturated heterocycles. The van der Waals surface area contributed by atoms with Crippen LogP contribution in [0.2, 0.25) is 0 Å². The van der Waals surface area contributed by atoms with Crippen LogP contribution < -0.4 is 0 Å². The summed E-state index contributed by atoms with van der Waals surface area (Å²) in [6.07, 6.45) is 1.98. The molecular weight excluding hydrogens is 382 g/mol. The van der Waals surface area contributed by atoms with E-state index in [-0.39, 0.29) is 11.9 Å². The third kappa shape index (κ3) is 5.84. The van der Waals surface area contributed by atoms with Crippen LogP contribution in [-0.4, -0.2) is 55.8 Å². The molecular formula is C19H27N3O5S. The van der Waals surface area contributed by atoms with E-state index in [1.807, 2.05) is 31.2 Å². The molecule has 0 aliphatic carbocycles. The van der Waals surface area contributed by atoms with Crippen LogP contribution in [0.15, 0.2) is 28.8 Å². The second-order valence-electron chi connectivity index (χ2n) is 7.00. The van der Waals surface area contributed by atoms with Crippen molar-refractivity contribution in [2.45, 2.75) is 44.6 Å². The Kier molecular flexibility index (Phi) is 7.17. The molecule has 0 atom stereocenters. The van der Waals surface area contributed by atoms with Crippen LogP contribution in [0.4, 0.5) is 0 Å². The van der Waals surface area contributed by atoms with Gasteiger partial charge in [0.1, 0.15) is 6.61 Å². The number of hydrogen-bond acceptors (Lipinski definition) is 7. The SMILES string of the molecule is COCc1nc(CCOC2CCN(S(=O)(=O)Cc3ccc(C)cc3)CC2)no1. The standard InChI is InChI=1S/C19H27N3O5S/c1-15-3-5-16(6-4-15)14-28(23,24)22-10-7-17(8-11-22)26-12-9-18-20-19(13-25-2)27-21-18/h3-6,17H,7-14H2,1-2H3. The summed E-state index contributed by atoms with van der Waals surface area (Å²) in [5.41, 5.74) is 1.94. The summed E-state index contributed by atoms with van der Waals surface area (Å²) in [5, 5.41) is 3.87. The Balaban J connectivity index is 1.41. The number of rotatable bonds is 9. The molecule has 2 aromatic rings. The van der Waals surface area contributed by atoms with Crippen LogP contribution in [0.3, 0.4) is 0 Å². The Morgan fingerprint density at radius 3 is 2.61 bits per heavy atom. The lowest BCUT2D eigenvalue weighted by Gasteiger charge is -2.31. The lowest BCUT2D eigenvalue weighted by Crippen LogP contribution is -2.41. The summed E-state index contributed by atoms with van der Waals surface area (Å²) in [6, 6.07) is 7.62. The van der Waals surface area contributed by atoms with Crippen molar-refractivity contribution in [1.82, 2.24) is 14.4 Å². The number of ether oxygens (including phenoxy) is 2. The fourth-order valence-corrected chi connectivity index (χ4v) is 4.72. The molecule has 0 N–H and O–H groups in total. The second-order valence-corrected chi connectivity index (χ2v) is 8.97. The Morgan fingerprint density at radius 2 is 1.93 bits per heavy atom. The molecule has 0 bridgehead atoms. The maximum atomic E-state index is 12.6. The van der Waals surface area contributed by atoms with Crippen LogP contribution in [0.5, 0.6) is 0 Å². The van der Waals surface area contributed by atoms with Gasteiger partial charge in [0.15, 0.2) is 5.82 Å². The molecule has 0 radical (unpaired) electrons. The van der Waals surface area contributed by atoms with E-state index in [2.05, 4.69) is 10.1 Å². The van der Waals surface area contributed by atoms with Crippen molar-refractivity contribution >= 4 is 10.0 Å². The topological polar surface area (TPSA) is 94.8 Å².